The number of carbonyl (C=O) groups is 1. The van der Waals surface area contributed by atoms with E-state index in [9.17, 15) is 4.79 Å². The summed E-state index contributed by atoms with van der Waals surface area (Å²) in [5.41, 5.74) is 2.49. The number of H-pyrrole nitrogens is 1. The van der Waals surface area contributed by atoms with Crippen LogP contribution in [-0.2, 0) is 17.8 Å². The van der Waals surface area contributed by atoms with Gasteiger partial charge in [0.25, 0.3) is 5.91 Å². The average Bonchev–Trinajstić information content (AvgIpc) is 3.02. The summed E-state index contributed by atoms with van der Waals surface area (Å²) in [5, 5.41) is 2.88. The second-order valence-electron chi connectivity index (χ2n) is 4.27. The second-order valence-corrected chi connectivity index (χ2v) is 4.27. The quantitative estimate of drug-likeness (QED) is 0.818. The number of aromatic nitrogens is 3. The third kappa shape index (κ3) is 3.23. The van der Waals surface area contributed by atoms with Gasteiger partial charge in [-0.05, 0) is 13.0 Å². The van der Waals surface area contributed by atoms with Gasteiger partial charge < -0.3 is 19.6 Å². The molecule has 2 N–H and O–H groups in total. The Labute approximate surface area is 111 Å². The van der Waals surface area contributed by atoms with Crippen molar-refractivity contribution in [3.05, 3.63) is 41.7 Å². The van der Waals surface area contributed by atoms with Gasteiger partial charge >= 0.3 is 0 Å². The van der Waals surface area contributed by atoms with Crippen molar-refractivity contribution in [1.82, 2.24) is 19.9 Å². The Balaban J connectivity index is 1.94. The van der Waals surface area contributed by atoms with Gasteiger partial charge in [0.2, 0.25) is 0 Å². The fourth-order valence-electron chi connectivity index (χ4n) is 1.85. The summed E-state index contributed by atoms with van der Waals surface area (Å²) >= 11 is 0. The van der Waals surface area contributed by atoms with E-state index in [1.54, 1.807) is 31.9 Å². The van der Waals surface area contributed by atoms with Crippen molar-refractivity contribution in [3.8, 4) is 0 Å². The first kappa shape index (κ1) is 13.4. The van der Waals surface area contributed by atoms with Gasteiger partial charge in [0.1, 0.15) is 0 Å². The van der Waals surface area contributed by atoms with Crippen LogP contribution in [0.4, 0.5) is 0 Å². The first-order chi connectivity index (χ1) is 9.22. The van der Waals surface area contributed by atoms with E-state index >= 15 is 0 Å². The predicted molar refractivity (Wildman–Crippen MR) is 70.8 cm³/mol. The number of imidazole rings is 1. The van der Waals surface area contributed by atoms with Crippen LogP contribution in [0.1, 0.15) is 21.7 Å². The van der Waals surface area contributed by atoms with E-state index in [1.165, 1.54) is 0 Å². The number of nitrogens with zero attached hydrogens (tertiary/aromatic N) is 2. The number of aromatic amines is 1. The number of methoxy groups -OCH3 is 1. The number of nitrogens with one attached hydrogen (secondary N) is 2. The number of rotatable bonds is 6. The number of hydrogen-bond donors (Lipinski definition) is 2. The van der Waals surface area contributed by atoms with Crippen LogP contribution < -0.4 is 5.32 Å². The zero-order chi connectivity index (χ0) is 13.7. The lowest BCUT2D eigenvalue weighted by Gasteiger charge is -2.08. The van der Waals surface area contributed by atoms with E-state index in [0.29, 0.717) is 18.7 Å². The standard InChI is InChI=1S/C13H18N4O2/c1-10-12(3-4-15-10)13(18)16-8-11-7-14-9-17(11)5-6-19-2/h3-4,7,9,15H,5-6,8H2,1-2H3,(H,16,18). The lowest BCUT2D eigenvalue weighted by Crippen LogP contribution is -2.24. The molecule has 0 spiro atoms. The summed E-state index contributed by atoms with van der Waals surface area (Å²) in [7, 11) is 1.66. The number of hydrogen-bond acceptors (Lipinski definition) is 3. The van der Waals surface area contributed by atoms with E-state index in [2.05, 4.69) is 15.3 Å². The maximum absolute atomic E-state index is 12.0. The molecule has 0 saturated carbocycles. The monoisotopic (exact) mass is 262 g/mol. The molecule has 0 aliphatic carbocycles. The molecule has 0 atom stereocenters. The first-order valence-corrected chi connectivity index (χ1v) is 6.12. The van der Waals surface area contributed by atoms with Crippen LogP contribution in [-0.4, -0.2) is 34.2 Å². The van der Waals surface area contributed by atoms with Crippen LogP contribution in [0.5, 0.6) is 0 Å². The summed E-state index contributed by atoms with van der Waals surface area (Å²) in [4.78, 5) is 19.0. The van der Waals surface area contributed by atoms with Crippen molar-refractivity contribution >= 4 is 5.91 Å². The maximum Gasteiger partial charge on any atom is 0.253 e. The summed E-state index contributed by atoms with van der Waals surface area (Å²) in [6, 6.07) is 1.77. The SMILES string of the molecule is COCCn1cncc1CNC(=O)c1cc[nH]c1C. The Bertz CT molecular complexity index is 544. The molecule has 1 amide bonds. The highest BCUT2D eigenvalue weighted by Crippen LogP contribution is 2.05. The minimum atomic E-state index is -0.0850. The summed E-state index contributed by atoms with van der Waals surface area (Å²) < 4.78 is 7.00. The smallest absolute Gasteiger partial charge is 0.253 e. The molecule has 2 rings (SSSR count). The molecule has 0 bridgehead atoms. The molecule has 19 heavy (non-hydrogen) atoms. The predicted octanol–water partition coefficient (Wildman–Crippen LogP) is 1.10. The van der Waals surface area contributed by atoms with Gasteiger partial charge in [-0.2, -0.15) is 0 Å². The Hall–Kier alpha value is -2.08. The Kier molecular flexibility index (Phi) is 4.35. The van der Waals surface area contributed by atoms with Crippen molar-refractivity contribution in [3.63, 3.8) is 0 Å². The molecule has 0 fully saturated rings. The molecular weight excluding hydrogens is 244 g/mol. The molecule has 0 unspecified atom stereocenters. The lowest BCUT2D eigenvalue weighted by molar-refractivity contribution is 0.0949. The number of carbonyl (C=O) groups excluding carboxylic acids is 1. The minimum Gasteiger partial charge on any atom is -0.383 e. The van der Waals surface area contributed by atoms with Gasteiger partial charge in [-0.3, -0.25) is 4.79 Å². The minimum absolute atomic E-state index is 0.0850. The van der Waals surface area contributed by atoms with Crippen LogP contribution in [0.15, 0.2) is 24.8 Å². The number of amides is 1. The third-order valence-electron chi connectivity index (χ3n) is 2.96. The third-order valence-corrected chi connectivity index (χ3v) is 2.96. The molecule has 102 valence electrons. The summed E-state index contributed by atoms with van der Waals surface area (Å²) in [6.07, 6.45) is 5.25. The Morgan fingerprint density at radius 2 is 2.42 bits per heavy atom. The zero-order valence-electron chi connectivity index (χ0n) is 11.1. The largest absolute Gasteiger partial charge is 0.383 e. The van der Waals surface area contributed by atoms with Gasteiger partial charge in [0.15, 0.2) is 0 Å². The lowest BCUT2D eigenvalue weighted by atomic mass is 10.2. The van der Waals surface area contributed by atoms with Gasteiger partial charge in [-0.25, -0.2) is 4.98 Å². The van der Waals surface area contributed by atoms with Crippen molar-refractivity contribution in [1.29, 1.82) is 0 Å². The molecule has 0 saturated heterocycles. The zero-order valence-corrected chi connectivity index (χ0v) is 11.1. The molecule has 6 heteroatoms. The molecule has 2 aromatic heterocycles. The van der Waals surface area contributed by atoms with Gasteiger partial charge in [0, 0.05) is 31.7 Å². The highest BCUT2D eigenvalue weighted by molar-refractivity contribution is 5.95. The molecule has 0 aromatic carbocycles. The second kappa shape index (κ2) is 6.19. The highest BCUT2D eigenvalue weighted by Gasteiger charge is 2.10. The van der Waals surface area contributed by atoms with E-state index < -0.39 is 0 Å². The van der Waals surface area contributed by atoms with Crippen molar-refractivity contribution in [2.45, 2.75) is 20.0 Å². The topological polar surface area (TPSA) is 71.9 Å². The normalized spacial score (nSPS) is 10.6. The molecule has 0 aliphatic rings. The van der Waals surface area contributed by atoms with E-state index in [-0.39, 0.29) is 5.91 Å². The van der Waals surface area contributed by atoms with Gasteiger partial charge in [0.05, 0.1) is 30.7 Å². The molecule has 0 radical (unpaired) electrons. The average molecular weight is 262 g/mol. The van der Waals surface area contributed by atoms with Gasteiger partial charge in [-0.15, -0.1) is 0 Å². The molecular formula is C13H18N4O2. The Morgan fingerprint density at radius 1 is 1.58 bits per heavy atom. The summed E-state index contributed by atoms with van der Waals surface area (Å²) in [5.74, 6) is -0.0850. The first-order valence-electron chi connectivity index (χ1n) is 6.12. The van der Waals surface area contributed by atoms with E-state index in [4.69, 9.17) is 4.74 Å². The van der Waals surface area contributed by atoms with Crippen LogP contribution in [0.25, 0.3) is 0 Å². The van der Waals surface area contributed by atoms with Gasteiger partial charge in [-0.1, -0.05) is 0 Å². The number of ether oxygens (including phenoxy) is 1. The van der Waals surface area contributed by atoms with Crippen molar-refractivity contribution < 1.29 is 9.53 Å². The van der Waals surface area contributed by atoms with Crippen LogP contribution >= 0.6 is 0 Å². The fraction of sp³-hybridized carbons (Fsp3) is 0.385. The number of aryl methyl sites for hydroxylation is 1. The van der Waals surface area contributed by atoms with Crippen LogP contribution in [0.2, 0.25) is 0 Å². The molecule has 2 aromatic rings. The van der Waals surface area contributed by atoms with E-state index in [0.717, 1.165) is 17.9 Å². The summed E-state index contributed by atoms with van der Waals surface area (Å²) in [6.45, 7) is 3.67. The molecule has 6 nitrogen and oxygen atoms in total. The molecule has 2 heterocycles. The van der Waals surface area contributed by atoms with Crippen LogP contribution in [0, 0.1) is 6.92 Å². The molecule has 0 aliphatic heterocycles. The maximum atomic E-state index is 12.0. The van der Waals surface area contributed by atoms with Crippen molar-refractivity contribution in [2.75, 3.05) is 13.7 Å². The van der Waals surface area contributed by atoms with E-state index in [1.807, 2.05) is 11.5 Å². The van der Waals surface area contributed by atoms with Crippen molar-refractivity contribution in [2.24, 2.45) is 0 Å². The van der Waals surface area contributed by atoms with Crippen LogP contribution in [0.3, 0.4) is 0 Å². The fourth-order valence-corrected chi connectivity index (χ4v) is 1.85. The Morgan fingerprint density at radius 3 is 3.11 bits per heavy atom. The highest BCUT2D eigenvalue weighted by atomic mass is 16.5.